The van der Waals surface area contributed by atoms with E-state index in [0.29, 0.717) is 23.3 Å². The van der Waals surface area contributed by atoms with Crippen molar-refractivity contribution in [2.24, 2.45) is 5.92 Å². The van der Waals surface area contributed by atoms with Gasteiger partial charge in [-0.3, -0.25) is 19.4 Å². The lowest BCUT2D eigenvalue weighted by Crippen LogP contribution is -2.39. The number of rotatable bonds is 4. The first kappa shape index (κ1) is 19.9. The number of hydrogen-bond donors (Lipinski definition) is 3. The molecule has 158 valence electrons. The van der Waals surface area contributed by atoms with E-state index in [4.69, 9.17) is 4.74 Å². The van der Waals surface area contributed by atoms with Gasteiger partial charge in [-0.2, -0.15) is 4.98 Å². The van der Waals surface area contributed by atoms with E-state index in [9.17, 15) is 14.4 Å². The number of anilines is 3. The summed E-state index contributed by atoms with van der Waals surface area (Å²) < 4.78 is 5.17. The largest absolute Gasteiger partial charge is 0.497 e. The first-order chi connectivity index (χ1) is 14.4. The minimum Gasteiger partial charge on any atom is -0.497 e. The number of H-pyrrole nitrogens is 1. The van der Waals surface area contributed by atoms with Gasteiger partial charge in [0.05, 0.1) is 18.6 Å². The first-order valence-corrected chi connectivity index (χ1v) is 10.1. The van der Waals surface area contributed by atoms with Gasteiger partial charge in [-0.15, -0.1) is 0 Å². The second-order valence-corrected chi connectivity index (χ2v) is 7.85. The van der Waals surface area contributed by atoms with E-state index in [0.717, 1.165) is 25.9 Å². The highest BCUT2D eigenvalue weighted by Gasteiger charge is 2.35. The maximum atomic E-state index is 12.9. The number of aromatic nitrogens is 2. The zero-order valence-corrected chi connectivity index (χ0v) is 17.0. The van der Waals surface area contributed by atoms with Gasteiger partial charge in [-0.1, -0.05) is 13.0 Å². The molecule has 2 aromatic rings. The standard InChI is InChI=1S/C21H25N5O4/c1-12-6-8-26(9-7-12)21-24-18-17(20(29)25-21)15(11-16(27)23-18)19(28)22-13-4-3-5-14(10-13)30-2/h3-5,10,12,15H,6-9,11H2,1-2H3,(H,22,28)(H2,23,24,25,27,29)/t15-/m0/s1. The van der Waals surface area contributed by atoms with Crippen LogP contribution in [0.2, 0.25) is 0 Å². The molecule has 0 unspecified atom stereocenters. The minimum absolute atomic E-state index is 0.117. The van der Waals surface area contributed by atoms with Crippen LogP contribution in [0, 0.1) is 5.92 Å². The van der Waals surface area contributed by atoms with Crippen LogP contribution in [0.4, 0.5) is 17.5 Å². The van der Waals surface area contributed by atoms with Crippen molar-refractivity contribution in [1.29, 1.82) is 0 Å². The van der Waals surface area contributed by atoms with Gasteiger partial charge < -0.3 is 20.3 Å². The molecule has 30 heavy (non-hydrogen) atoms. The molecule has 4 rings (SSSR count). The maximum Gasteiger partial charge on any atom is 0.258 e. The van der Waals surface area contributed by atoms with Crippen LogP contribution in [0.25, 0.3) is 0 Å². The van der Waals surface area contributed by atoms with Crippen molar-refractivity contribution >= 4 is 29.3 Å². The number of nitrogens with one attached hydrogen (secondary N) is 3. The molecule has 1 fully saturated rings. The maximum absolute atomic E-state index is 12.9. The number of amides is 2. The number of aromatic amines is 1. The van der Waals surface area contributed by atoms with Crippen LogP contribution in [0.1, 0.15) is 37.7 Å². The number of piperidine rings is 1. The van der Waals surface area contributed by atoms with Crippen LogP contribution in [0.3, 0.4) is 0 Å². The molecule has 0 radical (unpaired) electrons. The second kappa shape index (κ2) is 8.17. The predicted molar refractivity (Wildman–Crippen MR) is 113 cm³/mol. The highest BCUT2D eigenvalue weighted by Crippen LogP contribution is 2.31. The molecule has 1 aromatic heterocycles. The fraction of sp³-hybridized carbons (Fsp3) is 0.429. The molecule has 0 spiro atoms. The van der Waals surface area contributed by atoms with Crippen LogP contribution < -0.4 is 25.8 Å². The summed E-state index contributed by atoms with van der Waals surface area (Å²) >= 11 is 0. The van der Waals surface area contributed by atoms with E-state index in [1.54, 1.807) is 24.3 Å². The Bertz CT molecular complexity index is 1030. The molecule has 9 heteroatoms. The third-order valence-electron chi connectivity index (χ3n) is 5.68. The zero-order valence-electron chi connectivity index (χ0n) is 17.0. The lowest BCUT2D eigenvalue weighted by molar-refractivity contribution is -0.123. The van der Waals surface area contributed by atoms with Crippen molar-refractivity contribution in [3.63, 3.8) is 0 Å². The highest BCUT2D eigenvalue weighted by atomic mass is 16.5. The zero-order chi connectivity index (χ0) is 21.3. The van der Waals surface area contributed by atoms with E-state index in [2.05, 4.69) is 27.5 Å². The molecule has 1 aromatic carbocycles. The quantitative estimate of drug-likeness (QED) is 0.709. The molecule has 0 bridgehead atoms. The molecule has 1 saturated heterocycles. The van der Waals surface area contributed by atoms with Crippen LogP contribution in [-0.4, -0.2) is 42.0 Å². The van der Waals surface area contributed by atoms with Gasteiger partial charge in [0, 0.05) is 31.3 Å². The average molecular weight is 411 g/mol. The number of fused-ring (bicyclic) bond motifs is 1. The molecule has 2 aliphatic rings. The first-order valence-electron chi connectivity index (χ1n) is 10.1. The van der Waals surface area contributed by atoms with Crippen molar-refractivity contribution in [3.8, 4) is 5.75 Å². The predicted octanol–water partition coefficient (Wildman–Crippen LogP) is 2.08. The molecule has 1 atom stereocenters. The normalized spacial score (nSPS) is 19.1. The number of ether oxygens (including phenoxy) is 1. The fourth-order valence-corrected chi connectivity index (χ4v) is 3.88. The van der Waals surface area contributed by atoms with Crippen molar-refractivity contribution < 1.29 is 14.3 Å². The van der Waals surface area contributed by atoms with Crippen molar-refractivity contribution in [1.82, 2.24) is 9.97 Å². The Labute approximate surface area is 173 Å². The Hall–Kier alpha value is -3.36. The molecular formula is C21H25N5O4. The summed E-state index contributed by atoms with van der Waals surface area (Å²) in [6, 6.07) is 6.89. The molecule has 3 heterocycles. The third kappa shape index (κ3) is 4.00. The fourth-order valence-electron chi connectivity index (χ4n) is 3.88. The minimum atomic E-state index is -0.924. The average Bonchev–Trinajstić information content (AvgIpc) is 2.73. The smallest absolute Gasteiger partial charge is 0.258 e. The van der Waals surface area contributed by atoms with E-state index in [1.165, 1.54) is 7.11 Å². The molecule has 0 aliphatic carbocycles. The SMILES string of the molecule is COc1cccc(NC(=O)[C@H]2CC(=O)Nc3nc(N4CCC(C)CC4)[nH]c(=O)c32)c1. The summed E-state index contributed by atoms with van der Waals surface area (Å²) in [5.74, 6) is 0.112. The summed E-state index contributed by atoms with van der Waals surface area (Å²) in [5, 5.41) is 5.43. The molecule has 2 amide bonds. The van der Waals surface area contributed by atoms with E-state index in [-0.39, 0.29) is 23.7 Å². The number of carbonyl (C=O) groups excluding carboxylic acids is 2. The Morgan fingerprint density at radius 1 is 1.27 bits per heavy atom. The van der Waals surface area contributed by atoms with E-state index < -0.39 is 17.4 Å². The van der Waals surface area contributed by atoms with E-state index in [1.807, 2.05) is 4.90 Å². The van der Waals surface area contributed by atoms with Crippen LogP contribution in [0.5, 0.6) is 5.75 Å². The van der Waals surface area contributed by atoms with Gasteiger partial charge in [0.2, 0.25) is 17.8 Å². The van der Waals surface area contributed by atoms with Gasteiger partial charge in [0.25, 0.3) is 5.56 Å². The summed E-state index contributed by atoms with van der Waals surface area (Å²) in [4.78, 5) is 47.4. The Balaban J connectivity index is 1.62. The van der Waals surface area contributed by atoms with Crippen molar-refractivity contribution in [2.75, 3.05) is 35.7 Å². The van der Waals surface area contributed by atoms with Gasteiger partial charge in [-0.25, -0.2) is 0 Å². The van der Waals surface area contributed by atoms with Crippen LogP contribution >= 0.6 is 0 Å². The molecule has 2 aliphatic heterocycles. The number of carbonyl (C=O) groups is 2. The monoisotopic (exact) mass is 411 g/mol. The summed E-state index contributed by atoms with van der Waals surface area (Å²) in [5.41, 5.74) is 0.305. The Morgan fingerprint density at radius 2 is 2.03 bits per heavy atom. The number of nitrogens with zero attached hydrogens (tertiary/aromatic N) is 2. The summed E-state index contributed by atoms with van der Waals surface area (Å²) in [6.07, 6.45) is 1.91. The molecule has 9 nitrogen and oxygen atoms in total. The molecule has 0 saturated carbocycles. The number of benzene rings is 1. The lowest BCUT2D eigenvalue weighted by Gasteiger charge is -2.31. The van der Waals surface area contributed by atoms with Gasteiger partial charge in [0.15, 0.2) is 0 Å². The van der Waals surface area contributed by atoms with Crippen molar-refractivity contribution in [2.45, 2.75) is 32.1 Å². The number of hydrogen-bond acceptors (Lipinski definition) is 6. The summed E-state index contributed by atoms with van der Waals surface area (Å²) in [7, 11) is 1.54. The second-order valence-electron chi connectivity index (χ2n) is 7.85. The van der Waals surface area contributed by atoms with Crippen LogP contribution in [-0.2, 0) is 9.59 Å². The van der Waals surface area contributed by atoms with E-state index >= 15 is 0 Å². The van der Waals surface area contributed by atoms with Crippen LogP contribution in [0.15, 0.2) is 29.1 Å². The van der Waals surface area contributed by atoms with Gasteiger partial charge >= 0.3 is 0 Å². The molecular weight excluding hydrogens is 386 g/mol. The van der Waals surface area contributed by atoms with Crippen molar-refractivity contribution in [3.05, 3.63) is 40.2 Å². The summed E-state index contributed by atoms with van der Waals surface area (Å²) in [6.45, 7) is 3.78. The van der Waals surface area contributed by atoms with Gasteiger partial charge in [0.1, 0.15) is 11.6 Å². The Morgan fingerprint density at radius 3 is 2.77 bits per heavy atom. The Kier molecular flexibility index (Phi) is 5.43. The highest BCUT2D eigenvalue weighted by molar-refractivity contribution is 6.04. The lowest BCUT2D eigenvalue weighted by atomic mass is 9.92. The number of methoxy groups -OCH3 is 1. The van der Waals surface area contributed by atoms with Gasteiger partial charge in [-0.05, 0) is 30.9 Å². The third-order valence-corrected chi connectivity index (χ3v) is 5.68. The molecule has 3 N–H and O–H groups in total. The topological polar surface area (TPSA) is 116 Å².